The Labute approximate surface area is 120 Å². The number of nitrogens with one attached hydrogen (secondary N) is 1. The van der Waals surface area contributed by atoms with Gasteiger partial charge >= 0.3 is 12.7 Å². The van der Waals surface area contributed by atoms with Crippen molar-refractivity contribution in [2.45, 2.75) is 33.0 Å². The maximum absolute atomic E-state index is 11.9. The fourth-order valence-corrected chi connectivity index (χ4v) is 3.60. The zero-order valence-corrected chi connectivity index (χ0v) is 12.7. The molecule has 20 heavy (non-hydrogen) atoms. The Hall–Kier alpha value is -0.625. The molecule has 0 aliphatic carbocycles. The molecule has 7 heteroatoms. The van der Waals surface area contributed by atoms with Gasteiger partial charge in [0.25, 0.3) is 0 Å². The van der Waals surface area contributed by atoms with Gasteiger partial charge in [0, 0.05) is 13.1 Å². The first-order valence-electron chi connectivity index (χ1n) is 7.67. The molecule has 0 amide bonds. The lowest BCUT2D eigenvalue weighted by Crippen LogP contribution is -3.19. The number of carbonyl (C=O) groups excluding carboxylic acids is 1. The molecule has 3 fully saturated rings. The summed E-state index contributed by atoms with van der Waals surface area (Å²) in [7, 11) is 0. The summed E-state index contributed by atoms with van der Waals surface area (Å²) in [5.74, 6) is 0.162. The van der Waals surface area contributed by atoms with Gasteiger partial charge in [-0.3, -0.25) is 0 Å². The van der Waals surface area contributed by atoms with Crippen molar-refractivity contribution in [2.24, 2.45) is 5.41 Å². The minimum atomic E-state index is -1.22. The molecule has 114 valence electrons. The second-order valence-electron chi connectivity index (χ2n) is 7.24. The normalized spacial score (nSPS) is 38.1. The third-order valence-corrected chi connectivity index (χ3v) is 4.78. The monoisotopic (exact) mass is 284 g/mol. The van der Waals surface area contributed by atoms with E-state index in [9.17, 15) is 4.79 Å². The summed E-state index contributed by atoms with van der Waals surface area (Å²) in [6, 6.07) is 0. The van der Waals surface area contributed by atoms with Crippen LogP contribution in [0.3, 0.4) is 0 Å². The van der Waals surface area contributed by atoms with Gasteiger partial charge in [0.2, 0.25) is 0 Å². The fraction of sp³-hybridized carbons (Fsp3) is 0.923. The Kier molecular flexibility index (Phi) is 3.57. The molecule has 3 heterocycles. The summed E-state index contributed by atoms with van der Waals surface area (Å²) in [4.78, 5) is 18.9. The van der Waals surface area contributed by atoms with Crippen LogP contribution in [-0.4, -0.2) is 57.1 Å². The lowest BCUT2D eigenvalue weighted by atomic mass is 9.57. The molecule has 0 bridgehead atoms. The van der Waals surface area contributed by atoms with E-state index in [2.05, 4.69) is 0 Å². The highest BCUT2D eigenvalue weighted by atomic mass is 16.7. The second kappa shape index (κ2) is 4.98. The molecule has 0 saturated carbocycles. The Balaban J connectivity index is 1.61. The van der Waals surface area contributed by atoms with Crippen LogP contribution in [0.25, 0.3) is 0 Å². The predicted molar refractivity (Wildman–Crippen MR) is 73.8 cm³/mol. The van der Waals surface area contributed by atoms with Crippen LogP contribution in [0, 0.1) is 5.41 Å². The number of hydrogen-bond donors (Lipinski definition) is 1. The van der Waals surface area contributed by atoms with Crippen LogP contribution in [-0.2, 0) is 18.9 Å². The van der Waals surface area contributed by atoms with Crippen LogP contribution >= 0.6 is 0 Å². The number of quaternary nitrogens is 1. The van der Waals surface area contributed by atoms with Gasteiger partial charge in [-0.2, -0.15) is 0 Å². The zero-order chi connectivity index (χ0) is 14.4. The summed E-state index contributed by atoms with van der Waals surface area (Å²) in [5.41, 5.74) is -0.466. The Bertz CT molecular complexity index is 388. The molecule has 3 aliphatic heterocycles. The molecule has 1 N–H and O–H groups in total. The van der Waals surface area contributed by atoms with E-state index in [4.69, 9.17) is 14.1 Å². The van der Waals surface area contributed by atoms with Crippen molar-refractivity contribution in [3.8, 4) is 0 Å². The number of hydrogen-bond acceptors (Lipinski definition) is 5. The van der Waals surface area contributed by atoms with E-state index >= 15 is 0 Å². The first-order chi connectivity index (χ1) is 9.42. The molecule has 1 atom stereocenters. The third-order valence-electron chi connectivity index (χ3n) is 4.78. The van der Waals surface area contributed by atoms with Gasteiger partial charge < -0.3 is 19.0 Å². The number of rotatable bonds is 2. The highest BCUT2D eigenvalue weighted by Gasteiger charge is 2.56. The van der Waals surface area contributed by atoms with E-state index in [1.165, 1.54) is 4.81 Å². The minimum absolute atomic E-state index is 0.174. The number of nitrogens with zero attached hydrogens (tertiary/aromatic N) is 1. The third kappa shape index (κ3) is 2.37. The highest BCUT2D eigenvalue weighted by Crippen LogP contribution is 2.33. The van der Waals surface area contributed by atoms with Crippen molar-refractivity contribution in [3.63, 3.8) is 0 Å². The maximum Gasteiger partial charge on any atom is 0.475 e. The van der Waals surface area contributed by atoms with E-state index in [0.717, 1.165) is 45.8 Å². The van der Waals surface area contributed by atoms with Crippen molar-refractivity contribution in [1.82, 2.24) is 5.06 Å². The van der Waals surface area contributed by atoms with E-state index < -0.39 is 12.1 Å². The van der Waals surface area contributed by atoms with E-state index in [0.29, 0.717) is 5.82 Å². The van der Waals surface area contributed by atoms with Crippen molar-refractivity contribution >= 4 is 12.7 Å². The van der Waals surface area contributed by atoms with Gasteiger partial charge in [-0.25, -0.2) is 4.79 Å². The minimum Gasteiger partial charge on any atom is -0.509 e. The van der Waals surface area contributed by atoms with E-state index in [-0.39, 0.29) is 5.97 Å². The van der Waals surface area contributed by atoms with E-state index in [1.54, 1.807) is 5.06 Å². The Morgan fingerprint density at radius 2 is 1.95 bits per heavy atom. The Morgan fingerprint density at radius 3 is 2.55 bits per heavy atom. The molecule has 3 aliphatic rings. The van der Waals surface area contributed by atoms with Gasteiger partial charge in [-0.1, -0.05) is 6.42 Å². The van der Waals surface area contributed by atoms with Gasteiger partial charge in [0.15, 0.2) is 0 Å². The smallest absolute Gasteiger partial charge is 0.475 e. The summed E-state index contributed by atoms with van der Waals surface area (Å²) in [5, 5.41) is 1.79. The molecule has 1 unspecified atom stereocenters. The van der Waals surface area contributed by atoms with Crippen molar-refractivity contribution in [2.75, 3.05) is 39.4 Å². The average Bonchev–Trinajstić information content (AvgIpc) is 2.98. The summed E-state index contributed by atoms with van der Waals surface area (Å²) in [6.07, 6.45) is 0.973. The van der Waals surface area contributed by atoms with Crippen LogP contribution in [0.1, 0.15) is 27.2 Å². The van der Waals surface area contributed by atoms with Crippen molar-refractivity contribution < 1.29 is 23.8 Å². The van der Waals surface area contributed by atoms with Crippen molar-refractivity contribution in [3.05, 3.63) is 0 Å². The summed E-state index contributed by atoms with van der Waals surface area (Å²) < 4.78 is 12.0. The van der Waals surface area contributed by atoms with Crippen LogP contribution < -0.4 is 4.81 Å². The molecule has 3 rings (SSSR count). The first-order valence-corrected chi connectivity index (χ1v) is 7.67. The molecule has 3 saturated heterocycles. The van der Waals surface area contributed by atoms with Gasteiger partial charge in [0.1, 0.15) is 0 Å². The summed E-state index contributed by atoms with van der Waals surface area (Å²) >= 11 is 0. The number of fused-ring (bicyclic) bond motifs is 1. The average molecular weight is 284 g/mol. The lowest BCUT2D eigenvalue weighted by molar-refractivity contribution is -0.784. The molecule has 6 nitrogen and oxygen atoms in total. The first kappa shape index (κ1) is 14.3. The number of carbonyl (C=O) groups is 1. The van der Waals surface area contributed by atoms with Crippen LogP contribution in [0.15, 0.2) is 0 Å². The molecule has 0 aromatic carbocycles. The molecule has 0 spiro atoms. The molecule has 0 aromatic heterocycles. The Morgan fingerprint density at radius 1 is 1.30 bits per heavy atom. The van der Waals surface area contributed by atoms with Crippen LogP contribution in [0.2, 0.25) is 5.82 Å². The molecule has 0 aromatic rings. The quantitative estimate of drug-likeness (QED) is 0.690. The SMILES string of the molecule is CC(C)(C)C(=O)ON1CCC([B-]23OCC[NH+]2CCO3)C1. The highest BCUT2D eigenvalue weighted by molar-refractivity contribution is 6.61. The zero-order valence-electron chi connectivity index (χ0n) is 12.7. The lowest BCUT2D eigenvalue weighted by Gasteiger charge is -2.36. The van der Waals surface area contributed by atoms with Crippen LogP contribution in [0.5, 0.6) is 0 Å². The standard InChI is InChI=1S/C13H25BN2O4/c1-13(2,3)12(17)20-16-5-4-11(10-16)14-15(6-8-18-14)7-9-19-14/h11,15H,4-10H2,1-3H3. The predicted octanol–water partition coefficient (Wildman–Crippen LogP) is -0.549. The van der Waals surface area contributed by atoms with Gasteiger partial charge in [0.05, 0.1) is 31.7 Å². The molecular weight excluding hydrogens is 259 g/mol. The van der Waals surface area contributed by atoms with Crippen LogP contribution in [0.4, 0.5) is 0 Å². The topological polar surface area (TPSA) is 52.4 Å². The summed E-state index contributed by atoms with van der Waals surface area (Å²) in [6.45, 7) is 9.55. The molecular formula is C13H25BN2O4. The van der Waals surface area contributed by atoms with E-state index in [1.807, 2.05) is 20.8 Å². The van der Waals surface area contributed by atoms with Gasteiger partial charge in [-0.15, -0.1) is 5.06 Å². The van der Waals surface area contributed by atoms with Gasteiger partial charge in [-0.05, 0) is 26.6 Å². The maximum atomic E-state index is 11.9. The second-order valence-corrected chi connectivity index (χ2v) is 7.24. The molecule has 0 radical (unpaired) electrons. The number of hydroxylamine groups is 2. The van der Waals surface area contributed by atoms with Crippen molar-refractivity contribution in [1.29, 1.82) is 0 Å². The fourth-order valence-electron chi connectivity index (χ4n) is 3.60. The largest absolute Gasteiger partial charge is 0.509 e.